The first kappa shape index (κ1) is 26.6. The van der Waals surface area contributed by atoms with E-state index in [2.05, 4.69) is 15.3 Å². The van der Waals surface area contributed by atoms with Crippen LogP contribution in [0.5, 0.6) is 0 Å². The molecule has 0 radical (unpaired) electrons. The van der Waals surface area contributed by atoms with Crippen LogP contribution in [0.4, 0.5) is 0 Å². The summed E-state index contributed by atoms with van der Waals surface area (Å²) in [5, 5.41) is 65.7. The molecule has 15 nitrogen and oxygen atoms in total. The van der Waals surface area contributed by atoms with Crippen molar-refractivity contribution in [1.82, 2.24) is 5.32 Å². The van der Waals surface area contributed by atoms with Crippen LogP contribution in [-0.4, -0.2) is 124 Å². The van der Waals surface area contributed by atoms with Crippen molar-refractivity contribution in [3.8, 4) is 0 Å². The molecule has 1 amide bonds. The number of amides is 1. The highest BCUT2D eigenvalue weighted by atomic mass is 16.7. The average molecular weight is 466 g/mol. The van der Waals surface area contributed by atoms with Crippen molar-refractivity contribution in [3.63, 3.8) is 0 Å². The predicted molar refractivity (Wildman–Crippen MR) is 103 cm³/mol. The van der Waals surface area contributed by atoms with Gasteiger partial charge < -0.3 is 54.9 Å². The Labute approximate surface area is 183 Å². The molecule has 0 aromatic carbocycles. The van der Waals surface area contributed by atoms with Gasteiger partial charge in [-0.1, -0.05) is 5.11 Å². The first-order valence-electron chi connectivity index (χ1n) is 10.0. The highest BCUT2D eigenvalue weighted by molar-refractivity contribution is 5.73. The minimum atomic E-state index is -1.75. The minimum absolute atomic E-state index is 0.0424. The van der Waals surface area contributed by atoms with Crippen molar-refractivity contribution >= 4 is 5.91 Å². The van der Waals surface area contributed by atoms with Crippen molar-refractivity contribution in [2.24, 2.45) is 5.11 Å². The minimum Gasteiger partial charge on any atom is -0.394 e. The lowest BCUT2D eigenvalue weighted by Crippen LogP contribution is -2.68. The molecule has 32 heavy (non-hydrogen) atoms. The molecule has 2 heterocycles. The topological polar surface area (TPSA) is 236 Å². The fourth-order valence-corrected chi connectivity index (χ4v) is 3.47. The third-order valence-electron chi connectivity index (χ3n) is 5.11. The molecule has 2 aliphatic rings. The highest BCUT2D eigenvalue weighted by Crippen LogP contribution is 2.29. The summed E-state index contributed by atoms with van der Waals surface area (Å²) >= 11 is 0. The number of carbonyl (C=O) groups is 1. The van der Waals surface area contributed by atoms with E-state index >= 15 is 0 Å². The van der Waals surface area contributed by atoms with Gasteiger partial charge in [-0.05, 0) is 12.0 Å². The van der Waals surface area contributed by atoms with Crippen molar-refractivity contribution < 1.29 is 54.4 Å². The summed E-state index contributed by atoms with van der Waals surface area (Å²) in [5.41, 5.74) is 8.33. The number of hydrogen-bond acceptors (Lipinski definition) is 12. The Balaban J connectivity index is 2.22. The summed E-state index contributed by atoms with van der Waals surface area (Å²) in [4.78, 5) is 14.4. The van der Waals surface area contributed by atoms with Crippen molar-refractivity contribution in [3.05, 3.63) is 10.4 Å². The Hall–Kier alpha value is -1.62. The number of nitrogens with zero attached hydrogens (tertiary/aromatic N) is 3. The van der Waals surface area contributed by atoms with E-state index < -0.39 is 80.5 Å². The molecule has 10 atom stereocenters. The molecule has 0 spiro atoms. The third kappa shape index (κ3) is 6.46. The molecule has 2 saturated heterocycles. The normalized spacial score (nSPS) is 39.8. The maximum atomic E-state index is 11.8. The van der Waals surface area contributed by atoms with Gasteiger partial charge in [-0.25, -0.2) is 0 Å². The van der Waals surface area contributed by atoms with E-state index in [4.69, 9.17) is 24.5 Å². The molecule has 15 heteroatoms. The maximum Gasteiger partial charge on any atom is 0.217 e. The number of aliphatic hydroxyl groups excluding tert-OH is 6. The monoisotopic (exact) mass is 466 g/mol. The van der Waals surface area contributed by atoms with Gasteiger partial charge in [0.15, 0.2) is 12.6 Å². The van der Waals surface area contributed by atoms with Crippen LogP contribution < -0.4 is 5.32 Å². The number of aliphatic hydroxyl groups is 6. The number of hydrogen-bond donors (Lipinski definition) is 7. The summed E-state index contributed by atoms with van der Waals surface area (Å²) in [5.74, 6) is -0.529. The Morgan fingerprint density at radius 1 is 1.03 bits per heavy atom. The number of azide groups is 1. The average Bonchev–Trinajstić information content (AvgIpc) is 2.76. The van der Waals surface area contributed by atoms with Crippen LogP contribution in [0.3, 0.4) is 0 Å². The standard InChI is InChI=1S/C17H30N4O11/c1-7(24)20-10-15(32-17-14(28)13(27)11(25)8(5-22)31-17)12(26)9(6-23)30-16(10)29-4-2-3-19-21-18/h8-17,22-23,25-28H,2-6H2,1H3,(H,20,24)/t8?,9?,10?,11-,12-,13-,14?,15+,16+,17-/m0/s1. The predicted octanol–water partition coefficient (Wildman–Crippen LogP) is -3.53. The summed E-state index contributed by atoms with van der Waals surface area (Å²) in [7, 11) is 0. The van der Waals surface area contributed by atoms with E-state index in [1.165, 1.54) is 6.92 Å². The van der Waals surface area contributed by atoms with Gasteiger partial charge in [-0.2, -0.15) is 0 Å². The van der Waals surface area contributed by atoms with Crippen molar-refractivity contribution in [1.29, 1.82) is 0 Å². The van der Waals surface area contributed by atoms with Crippen molar-refractivity contribution in [2.45, 2.75) is 74.7 Å². The van der Waals surface area contributed by atoms with Gasteiger partial charge in [-0.15, -0.1) is 0 Å². The number of rotatable bonds is 10. The first-order chi connectivity index (χ1) is 15.2. The van der Waals surface area contributed by atoms with E-state index in [0.717, 1.165) is 0 Å². The fraction of sp³-hybridized carbons (Fsp3) is 0.941. The van der Waals surface area contributed by atoms with Crippen LogP contribution >= 0.6 is 0 Å². The van der Waals surface area contributed by atoms with Crippen LogP contribution in [-0.2, 0) is 23.7 Å². The summed E-state index contributed by atoms with van der Waals surface area (Å²) in [6.07, 6.45) is -12.9. The second-order valence-corrected chi connectivity index (χ2v) is 7.42. The maximum absolute atomic E-state index is 11.8. The third-order valence-corrected chi connectivity index (χ3v) is 5.11. The van der Waals surface area contributed by atoms with Crippen LogP contribution in [0, 0.1) is 0 Å². The molecule has 2 aliphatic heterocycles. The zero-order chi connectivity index (χ0) is 23.8. The van der Waals surface area contributed by atoms with E-state index in [1.807, 2.05) is 0 Å². The van der Waals surface area contributed by atoms with Gasteiger partial charge >= 0.3 is 0 Å². The Bertz CT molecular complexity index is 650. The molecule has 2 fully saturated rings. The molecule has 184 valence electrons. The summed E-state index contributed by atoms with van der Waals surface area (Å²) in [6, 6.07) is -1.14. The Kier molecular flexibility index (Phi) is 10.5. The number of ether oxygens (including phenoxy) is 4. The Morgan fingerprint density at radius 3 is 2.25 bits per heavy atom. The molecular formula is C17H30N4O11. The van der Waals surface area contributed by atoms with E-state index in [1.54, 1.807) is 0 Å². The molecule has 7 N–H and O–H groups in total. The molecular weight excluding hydrogens is 436 g/mol. The summed E-state index contributed by atoms with van der Waals surface area (Å²) in [6.45, 7) is 0.0628. The molecule has 2 rings (SSSR count). The van der Waals surface area contributed by atoms with E-state index in [-0.39, 0.29) is 13.2 Å². The fourth-order valence-electron chi connectivity index (χ4n) is 3.47. The van der Waals surface area contributed by atoms with E-state index in [9.17, 15) is 35.4 Å². The van der Waals surface area contributed by atoms with Gasteiger partial charge in [-0.3, -0.25) is 4.79 Å². The number of carbonyl (C=O) groups excluding carboxylic acids is 1. The molecule has 0 aromatic heterocycles. The largest absolute Gasteiger partial charge is 0.394 e. The molecule has 0 saturated carbocycles. The lowest BCUT2D eigenvalue weighted by molar-refractivity contribution is -0.344. The van der Waals surface area contributed by atoms with Crippen LogP contribution in [0.15, 0.2) is 5.11 Å². The van der Waals surface area contributed by atoms with Gasteiger partial charge in [0.05, 0.1) is 13.2 Å². The molecule has 0 bridgehead atoms. The smallest absolute Gasteiger partial charge is 0.217 e. The quantitative estimate of drug-likeness (QED) is 0.0720. The lowest BCUT2D eigenvalue weighted by Gasteiger charge is -2.47. The first-order valence-corrected chi connectivity index (χ1v) is 10.0. The summed E-state index contributed by atoms with van der Waals surface area (Å²) < 4.78 is 22.1. The van der Waals surface area contributed by atoms with Crippen LogP contribution in [0.2, 0.25) is 0 Å². The zero-order valence-electron chi connectivity index (χ0n) is 17.4. The van der Waals surface area contributed by atoms with Crippen LogP contribution in [0.1, 0.15) is 13.3 Å². The Morgan fingerprint density at radius 2 is 1.66 bits per heavy atom. The van der Waals surface area contributed by atoms with Gasteiger partial charge in [0, 0.05) is 25.0 Å². The lowest BCUT2D eigenvalue weighted by atomic mass is 9.95. The van der Waals surface area contributed by atoms with Crippen molar-refractivity contribution in [2.75, 3.05) is 26.4 Å². The highest BCUT2D eigenvalue weighted by Gasteiger charge is 2.51. The SMILES string of the molecule is CC(=O)NC1[C@H](OCCCN=[N+]=[N-])OC(CO)[C@H](O)[C@@H]1O[C@@H]1OC(CO)[C@H](O)[C@H](O)C1O. The van der Waals surface area contributed by atoms with Crippen LogP contribution in [0.25, 0.3) is 10.4 Å². The number of nitrogens with one attached hydrogen (secondary N) is 1. The second-order valence-electron chi connectivity index (χ2n) is 7.42. The second kappa shape index (κ2) is 12.6. The van der Waals surface area contributed by atoms with Gasteiger partial charge in [0.1, 0.15) is 48.8 Å². The zero-order valence-corrected chi connectivity index (χ0v) is 17.4. The van der Waals surface area contributed by atoms with E-state index in [0.29, 0.717) is 6.42 Å². The molecule has 0 aromatic rings. The molecule has 4 unspecified atom stereocenters. The van der Waals surface area contributed by atoms with Gasteiger partial charge in [0.25, 0.3) is 0 Å². The molecule has 0 aliphatic carbocycles. The van der Waals surface area contributed by atoms with Gasteiger partial charge in [0.2, 0.25) is 5.91 Å².